The highest BCUT2D eigenvalue weighted by Crippen LogP contribution is 2.49. The molecule has 9 nitrogen and oxygen atoms in total. The molecule has 0 spiro atoms. The number of amides is 1. The van der Waals surface area contributed by atoms with E-state index in [1.807, 2.05) is 18.2 Å². The molecule has 170 valence electrons. The topological polar surface area (TPSA) is 96.3 Å². The molecule has 5 rings (SSSR count). The van der Waals surface area contributed by atoms with Crippen molar-refractivity contribution in [3.05, 3.63) is 62.6 Å². The van der Waals surface area contributed by atoms with Crippen LogP contribution < -0.4 is 24.0 Å². The second-order valence-electron chi connectivity index (χ2n) is 7.50. The Morgan fingerprint density at radius 2 is 1.94 bits per heavy atom. The summed E-state index contributed by atoms with van der Waals surface area (Å²) in [7, 11) is 2.79. The molecule has 0 saturated heterocycles. The Kier molecular flexibility index (Phi) is 5.29. The monoisotopic (exact) mass is 468 g/mol. The number of hydrogen-bond donors (Lipinski definition) is 0. The van der Waals surface area contributed by atoms with Crippen LogP contribution in [0.5, 0.6) is 17.2 Å². The van der Waals surface area contributed by atoms with Gasteiger partial charge in [0.2, 0.25) is 18.4 Å². The fourth-order valence-electron chi connectivity index (χ4n) is 4.15. The largest absolute Gasteiger partial charge is 0.493 e. The van der Waals surface area contributed by atoms with E-state index in [9.17, 15) is 14.4 Å². The first-order valence-corrected chi connectivity index (χ1v) is 11.0. The number of benzene rings is 2. The third-order valence-electron chi connectivity index (χ3n) is 5.66. The Balaban J connectivity index is 1.70. The van der Waals surface area contributed by atoms with Crippen molar-refractivity contribution in [3.63, 3.8) is 0 Å². The van der Waals surface area contributed by atoms with E-state index >= 15 is 0 Å². The lowest BCUT2D eigenvalue weighted by Crippen LogP contribution is -2.36. The fourth-order valence-corrected chi connectivity index (χ4v) is 5.25. The summed E-state index contributed by atoms with van der Waals surface area (Å²) in [6.07, 6.45) is 0.128. The van der Waals surface area contributed by atoms with E-state index in [0.717, 1.165) is 16.9 Å². The number of nitrogens with zero attached hydrogens (tertiary/aromatic N) is 2. The first kappa shape index (κ1) is 21.1. The van der Waals surface area contributed by atoms with Gasteiger partial charge in [-0.05, 0) is 29.8 Å². The average molecular weight is 468 g/mol. The summed E-state index contributed by atoms with van der Waals surface area (Å²) in [5.41, 5.74) is 1.37. The molecule has 10 heteroatoms. The van der Waals surface area contributed by atoms with Crippen LogP contribution >= 0.6 is 11.3 Å². The zero-order chi connectivity index (χ0) is 23.1. The van der Waals surface area contributed by atoms with Crippen LogP contribution in [0.1, 0.15) is 22.8 Å². The highest BCUT2D eigenvalue weighted by molar-refractivity contribution is 7.10. The molecule has 33 heavy (non-hydrogen) atoms. The van der Waals surface area contributed by atoms with Gasteiger partial charge in [0.15, 0.2) is 11.5 Å². The molecule has 2 aliphatic heterocycles. The lowest BCUT2D eigenvalue weighted by molar-refractivity contribution is -0.141. The van der Waals surface area contributed by atoms with Crippen LogP contribution in [0.4, 0.5) is 11.5 Å². The van der Waals surface area contributed by atoms with E-state index in [1.54, 1.807) is 24.3 Å². The van der Waals surface area contributed by atoms with Crippen molar-refractivity contribution in [2.75, 3.05) is 25.9 Å². The normalized spacial score (nSPS) is 16.5. The van der Waals surface area contributed by atoms with Gasteiger partial charge >= 0.3 is 10.8 Å². The van der Waals surface area contributed by atoms with Gasteiger partial charge in [-0.15, -0.1) is 0 Å². The minimum absolute atomic E-state index is 0.0780. The van der Waals surface area contributed by atoms with Crippen LogP contribution in [0.3, 0.4) is 0 Å². The highest BCUT2D eigenvalue weighted by atomic mass is 32.1. The predicted octanol–water partition coefficient (Wildman–Crippen LogP) is 3.02. The van der Waals surface area contributed by atoms with Gasteiger partial charge in [-0.3, -0.25) is 23.9 Å². The summed E-state index contributed by atoms with van der Waals surface area (Å²) in [5.74, 6) is 0.681. The summed E-state index contributed by atoms with van der Waals surface area (Å²) in [4.78, 5) is 40.4. The minimum atomic E-state index is -0.579. The first-order valence-electron chi connectivity index (χ1n) is 10.2. The molecule has 2 aromatic carbocycles. The molecule has 0 fully saturated rings. The van der Waals surface area contributed by atoms with E-state index in [-0.39, 0.29) is 30.5 Å². The maximum Gasteiger partial charge on any atom is 0.325 e. The quantitative estimate of drug-likeness (QED) is 0.531. The van der Waals surface area contributed by atoms with Crippen LogP contribution in [0.15, 0.2) is 47.3 Å². The lowest BCUT2D eigenvalue weighted by atomic mass is 9.90. The first-order chi connectivity index (χ1) is 16.0. The average Bonchev–Trinajstić information content (AvgIpc) is 3.43. The molecule has 1 unspecified atom stereocenters. The molecular formula is C23H20N2O7S. The molecule has 0 saturated carbocycles. The van der Waals surface area contributed by atoms with Crippen molar-refractivity contribution in [1.82, 2.24) is 4.57 Å². The number of esters is 1. The third kappa shape index (κ3) is 3.52. The molecular weight excluding hydrogens is 448 g/mol. The summed E-state index contributed by atoms with van der Waals surface area (Å²) < 4.78 is 22.6. The zero-order valence-corrected chi connectivity index (χ0v) is 18.7. The van der Waals surface area contributed by atoms with Crippen molar-refractivity contribution >= 4 is 34.7 Å². The molecule has 0 bridgehead atoms. The van der Waals surface area contributed by atoms with Crippen molar-refractivity contribution in [3.8, 4) is 17.2 Å². The molecule has 1 aromatic heterocycles. The molecule has 0 aliphatic carbocycles. The number of thiazole rings is 1. The Hall–Kier alpha value is -3.79. The second-order valence-corrected chi connectivity index (χ2v) is 8.49. The smallest absolute Gasteiger partial charge is 0.325 e. The molecule has 2 aliphatic rings. The maximum atomic E-state index is 13.5. The zero-order valence-electron chi connectivity index (χ0n) is 17.9. The fraction of sp³-hybridized carbons (Fsp3) is 0.261. The molecule has 3 heterocycles. The SMILES string of the molecule is COC(=O)Cn1c2c(sc1=O)C(c1cc(OC)c3c(c1)OCO3)CC(=O)N2c1ccccc1. The maximum absolute atomic E-state index is 13.5. The van der Waals surface area contributed by atoms with Gasteiger partial charge in [-0.1, -0.05) is 29.5 Å². The van der Waals surface area contributed by atoms with Gasteiger partial charge in [-0.25, -0.2) is 0 Å². The lowest BCUT2D eigenvalue weighted by Gasteiger charge is -2.32. The summed E-state index contributed by atoms with van der Waals surface area (Å²) >= 11 is 1.01. The summed E-state index contributed by atoms with van der Waals surface area (Å²) in [6.45, 7) is -0.219. The molecule has 3 aromatic rings. The van der Waals surface area contributed by atoms with Gasteiger partial charge in [-0.2, -0.15) is 0 Å². The Labute approximate surface area is 192 Å². The number of fused-ring (bicyclic) bond motifs is 2. The molecule has 0 radical (unpaired) electrons. The van der Waals surface area contributed by atoms with E-state index in [0.29, 0.717) is 33.6 Å². The van der Waals surface area contributed by atoms with Crippen LogP contribution in [-0.2, 0) is 20.9 Å². The van der Waals surface area contributed by atoms with Crippen molar-refractivity contribution in [1.29, 1.82) is 0 Å². The number of carbonyl (C=O) groups is 2. The van der Waals surface area contributed by atoms with Crippen LogP contribution in [0.25, 0.3) is 0 Å². The Morgan fingerprint density at radius 1 is 1.15 bits per heavy atom. The van der Waals surface area contributed by atoms with Crippen LogP contribution in [0, 0.1) is 0 Å². The number of anilines is 2. The summed E-state index contributed by atoms with van der Waals surface area (Å²) in [6, 6.07) is 12.6. The number of rotatable bonds is 5. The standard InChI is InChI=1S/C23H20N2O7S/c1-29-16-8-13(9-17-20(16)32-12-31-17)15-10-18(26)25(14-6-4-3-5-7-14)22-21(15)33-23(28)24(22)11-19(27)30-2/h3-9,15H,10-12H2,1-2H3. The highest BCUT2D eigenvalue weighted by Gasteiger charge is 2.39. The number of hydrogen-bond acceptors (Lipinski definition) is 8. The van der Waals surface area contributed by atoms with Crippen molar-refractivity contribution < 1.29 is 28.5 Å². The predicted molar refractivity (Wildman–Crippen MR) is 120 cm³/mol. The second kappa shape index (κ2) is 8.28. The van der Waals surface area contributed by atoms with Crippen LogP contribution in [-0.4, -0.2) is 37.5 Å². The Morgan fingerprint density at radius 3 is 2.67 bits per heavy atom. The number of carbonyl (C=O) groups excluding carboxylic acids is 2. The van der Waals surface area contributed by atoms with Crippen molar-refractivity contribution in [2.24, 2.45) is 0 Å². The molecule has 0 N–H and O–H groups in total. The number of methoxy groups -OCH3 is 2. The number of para-hydroxylation sites is 1. The van der Waals surface area contributed by atoms with E-state index < -0.39 is 11.9 Å². The van der Waals surface area contributed by atoms with Gasteiger partial charge in [0.05, 0.1) is 24.8 Å². The third-order valence-corrected chi connectivity index (χ3v) is 6.74. The van der Waals surface area contributed by atoms with Crippen LogP contribution in [0.2, 0.25) is 0 Å². The van der Waals surface area contributed by atoms with Gasteiger partial charge in [0, 0.05) is 12.3 Å². The molecule has 1 amide bonds. The number of aromatic nitrogens is 1. The van der Waals surface area contributed by atoms with Gasteiger partial charge in [0.1, 0.15) is 12.4 Å². The van der Waals surface area contributed by atoms with E-state index in [4.69, 9.17) is 18.9 Å². The van der Waals surface area contributed by atoms with Gasteiger partial charge in [0.25, 0.3) is 0 Å². The number of ether oxygens (including phenoxy) is 4. The minimum Gasteiger partial charge on any atom is -0.493 e. The van der Waals surface area contributed by atoms with Crippen molar-refractivity contribution in [2.45, 2.75) is 18.9 Å². The van der Waals surface area contributed by atoms with E-state index in [1.165, 1.54) is 23.7 Å². The Bertz CT molecular complexity index is 1300. The van der Waals surface area contributed by atoms with E-state index in [2.05, 4.69) is 0 Å². The van der Waals surface area contributed by atoms with Gasteiger partial charge < -0.3 is 18.9 Å². The molecule has 1 atom stereocenters. The summed E-state index contributed by atoms with van der Waals surface area (Å²) in [5, 5.41) is 0.